The highest BCUT2D eigenvalue weighted by Crippen LogP contribution is 2.81. The molecule has 3 atom stereocenters. The van der Waals surface area contributed by atoms with Crippen LogP contribution in [0, 0.1) is 33.5 Å². The van der Waals surface area contributed by atoms with E-state index >= 15 is 0 Å². The molecule has 140 valence electrons. The van der Waals surface area contributed by atoms with E-state index in [0.717, 1.165) is 5.56 Å². The summed E-state index contributed by atoms with van der Waals surface area (Å²) in [6.07, 6.45) is 0. The Kier molecular flexibility index (Phi) is 3.90. The number of aliphatic imine (C=N–C) groups is 1. The summed E-state index contributed by atoms with van der Waals surface area (Å²) in [6.45, 7) is 0. The maximum atomic E-state index is 10.1. The maximum absolute atomic E-state index is 10.1. The zero-order chi connectivity index (χ0) is 20.0. The van der Waals surface area contributed by atoms with Gasteiger partial charge < -0.3 is 19.9 Å². The van der Waals surface area contributed by atoms with Gasteiger partial charge in [0.2, 0.25) is 0 Å². The molecule has 28 heavy (non-hydrogen) atoms. The van der Waals surface area contributed by atoms with Crippen LogP contribution in [0.1, 0.15) is 11.5 Å². The van der Waals surface area contributed by atoms with Gasteiger partial charge in [-0.05, 0) is 29.8 Å². The van der Waals surface area contributed by atoms with E-state index in [9.17, 15) is 10.5 Å². The first-order chi connectivity index (χ1) is 13.5. The number of ether oxygens (including phenoxy) is 3. The van der Waals surface area contributed by atoms with Crippen LogP contribution in [0.15, 0.2) is 59.6 Å². The molecular formula is C21H18N4O3. The molecule has 1 aliphatic carbocycles. The highest BCUT2D eigenvalue weighted by Gasteiger charge is 2.93. The second-order valence-electron chi connectivity index (χ2n) is 6.75. The molecule has 4 rings (SSSR count). The molecule has 2 N–H and O–H groups in total. The normalized spacial score (nSPS) is 29.1. The SMILES string of the molecule is COC1(OC)N=C(N)[C@@]2(C#N)[C@H](c3cccc(Oc4ccccc4)c3)[C@]12C#N. The predicted octanol–water partition coefficient (Wildman–Crippen LogP) is 2.91. The van der Waals surface area contributed by atoms with Gasteiger partial charge in [-0.1, -0.05) is 30.3 Å². The third-order valence-electron chi connectivity index (χ3n) is 5.65. The van der Waals surface area contributed by atoms with Crippen molar-refractivity contribution >= 4 is 5.84 Å². The summed E-state index contributed by atoms with van der Waals surface area (Å²) in [5.41, 5.74) is 4.16. The van der Waals surface area contributed by atoms with E-state index in [1.165, 1.54) is 14.2 Å². The van der Waals surface area contributed by atoms with E-state index in [-0.39, 0.29) is 5.84 Å². The quantitative estimate of drug-likeness (QED) is 0.805. The maximum Gasteiger partial charge on any atom is 0.292 e. The number of fused-ring (bicyclic) bond motifs is 1. The molecule has 0 spiro atoms. The lowest BCUT2D eigenvalue weighted by Gasteiger charge is -2.29. The van der Waals surface area contributed by atoms with Gasteiger partial charge in [0.25, 0.3) is 5.91 Å². The average Bonchev–Trinajstić information content (AvgIpc) is 3.31. The van der Waals surface area contributed by atoms with Crippen LogP contribution in [-0.2, 0) is 9.47 Å². The van der Waals surface area contributed by atoms with Crippen molar-refractivity contribution in [2.24, 2.45) is 21.6 Å². The topological polar surface area (TPSA) is 114 Å². The summed E-state index contributed by atoms with van der Waals surface area (Å²) in [5, 5.41) is 20.1. The molecule has 1 fully saturated rings. The summed E-state index contributed by atoms with van der Waals surface area (Å²) in [4.78, 5) is 4.21. The molecule has 1 saturated carbocycles. The van der Waals surface area contributed by atoms with Gasteiger partial charge >= 0.3 is 0 Å². The van der Waals surface area contributed by atoms with Crippen molar-refractivity contribution in [1.82, 2.24) is 0 Å². The molecule has 0 aromatic heterocycles. The van der Waals surface area contributed by atoms with Crippen LogP contribution in [-0.4, -0.2) is 26.0 Å². The van der Waals surface area contributed by atoms with Crippen molar-refractivity contribution in [3.8, 4) is 23.6 Å². The van der Waals surface area contributed by atoms with E-state index in [4.69, 9.17) is 19.9 Å². The van der Waals surface area contributed by atoms with Gasteiger partial charge in [0.05, 0.1) is 12.1 Å². The van der Waals surface area contributed by atoms with Crippen LogP contribution < -0.4 is 10.5 Å². The highest BCUT2D eigenvalue weighted by atomic mass is 16.7. The number of amidine groups is 1. The van der Waals surface area contributed by atoms with Gasteiger partial charge in [-0.3, -0.25) is 0 Å². The molecule has 2 aliphatic rings. The Bertz CT molecular complexity index is 1040. The minimum absolute atomic E-state index is 0.0413. The van der Waals surface area contributed by atoms with Crippen molar-refractivity contribution in [3.05, 3.63) is 60.2 Å². The molecular weight excluding hydrogens is 356 g/mol. The Morgan fingerprint density at radius 2 is 1.64 bits per heavy atom. The number of hydrogen-bond donors (Lipinski definition) is 1. The van der Waals surface area contributed by atoms with Gasteiger partial charge in [-0.2, -0.15) is 10.5 Å². The lowest BCUT2D eigenvalue weighted by Crippen LogP contribution is -2.41. The van der Waals surface area contributed by atoms with Gasteiger partial charge in [-0.15, -0.1) is 0 Å². The standard InChI is InChI=1S/C21H18N4O3/c1-26-21(27-2)20(13-23)17(19(20,12-22)18(24)25-21)14-7-6-10-16(11-14)28-15-8-4-3-5-9-15/h3-11,17H,1-2H3,(H2,24,25)/t17-,19+,20-/m0/s1. The molecule has 1 heterocycles. The predicted molar refractivity (Wildman–Crippen MR) is 100 cm³/mol. The minimum atomic E-state index is -1.64. The molecule has 0 amide bonds. The molecule has 2 aromatic carbocycles. The third-order valence-corrected chi connectivity index (χ3v) is 5.65. The number of nitrogens with two attached hydrogens (primary N) is 1. The van der Waals surface area contributed by atoms with Crippen LogP contribution in [0.4, 0.5) is 0 Å². The fourth-order valence-electron chi connectivity index (χ4n) is 4.40. The van der Waals surface area contributed by atoms with Gasteiger partial charge in [-0.25, -0.2) is 4.99 Å². The highest BCUT2D eigenvalue weighted by molar-refractivity contribution is 6.00. The number of nitrogens with zero attached hydrogens (tertiary/aromatic N) is 3. The number of hydrogen-bond acceptors (Lipinski definition) is 7. The average molecular weight is 374 g/mol. The van der Waals surface area contributed by atoms with Crippen LogP contribution in [0.5, 0.6) is 11.5 Å². The van der Waals surface area contributed by atoms with Crippen LogP contribution >= 0.6 is 0 Å². The third kappa shape index (κ3) is 1.95. The Morgan fingerprint density at radius 3 is 2.25 bits per heavy atom. The van der Waals surface area contributed by atoms with E-state index in [2.05, 4.69) is 17.1 Å². The van der Waals surface area contributed by atoms with Crippen molar-refractivity contribution in [1.29, 1.82) is 10.5 Å². The first kappa shape index (κ1) is 18.0. The number of benzene rings is 2. The Labute approximate surface area is 162 Å². The van der Waals surface area contributed by atoms with Crippen molar-refractivity contribution in [2.45, 2.75) is 11.8 Å². The minimum Gasteiger partial charge on any atom is -0.457 e. The number of nitriles is 2. The lowest BCUT2D eigenvalue weighted by atomic mass is 9.93. The zero-order valence-electron chi connectivity index (χ0n) is 15.4. The Balaban J connectivity index is 1.79. The zero-order valence-corrected chi connectivity index (χ0v) is 15.4. The van der Waals surface area contributed by atoms with E-state index in [0.29, 0.717) is 11.5 Å². The van der Waals surface area contributed by atoms with Crippen LogP contribution in [0.25, 0.3) is 0 Å². The Morgan fingerprint density at radius 1 is 0.964 bits per heavy atom. The smallest absolute Gasteiger partial charge is 0.292 e. The monoisotopic (exact) mass is 374 g/mol. The van der Waals surface area contributed by atoms with E-state index in [1.54, 1.807) is 6.07 Å². The van der Waals surface area contributed by atoms with E-state index < -0.39 is 22.7 Å². The fourth-order valence-corrected chi connectivity index (χ4v) is 4.40. The summed E-state index contributed by atoms with van der Waals surface area (Å²) >= 11 is 0. The largest absolute Gasteiger partial charge is 0.457 e. The molecule has 7 heteroatoms. The van der Waals surface area contributed by atoms with Gasteiger partial charge in [0.15, 0.2) is 5.41 Å². The van der Waals surface area contributed by atoms with Gasteiger partial charge in [0.1, 0.15) is 22.7 Å². The summed E-state index contributed by atoms with van der Waals surface area (Å²) in [7, 11) is 2.77. The molecule has 7 nitrogen and oxygen atoms in total. The summed E-state index contributed by atoms with van der Waals surface area (Å²) in [5.74, 6) is -0.885. The number of methoxy groups -OCH3 is 2. The van der Waals surface area contributed by atoms with Crippen LogP contribution in [0.3, 0.4) is 0 Å². The molecule has 0 unspecified atom stereocenters. The molecule has 2 aromatic rings. The van der Waals surface area contributed by atoms with E-state index in [1.807, 2.05) is 48.5 Å². The fraction of sp³-hybridized carbons (Fsp3) is 0.286. The number of rotatable bonds is 5. The van der Waals surface area contributed by atoms with Crippen molar-refractivity contribution < 1.29 is 14.2 Å². The van der Waals surface area contributed by atoms with Gasteiger partial charge in [0, 0.05) is 20.1 Å². The van der Waals surface area contributed by atoms with Crippen molar-refractivity contribution in [3.63, 3.8) is 0 Å². The first-order valence-electron chi connectivity index (χ1n) is 8.66. The molecule has 1 aliphatic heterocycles. The van der Waals surface area contributed by atoms with Crippen molar-refractivity contribution in [2.75, 3.05) is 14.2 Å². The summed E-state index contributed by atoms with van der Waals surface area (Å²) < 4.78 is 16.8. The number of para-hydroxylation sites is 1. The molecule has 0 bridgehead atoms. The van der Waals surface area contributed by atoms with Crippen LogP contribution in [0.2, 0.25) is 0 Å². The molecule has 0 radical (unpaired) electrons. The summed E-state index contributed by atoms with van der Waals surface area (Å²) in [6, 6.07) is 21.1. The Hall–Kier alpha value is -3.39. The second-order valence-corrected chi connectivity index (χ2v) is 6.75. The molecule has 0 saturated heterocycles. The second kappa shape index (κ2) is 6.07. The first-order valence-corrected chi connectivity index (χ1v) is 8.66. The lowest BCUT2D eigenvalue weighted by molar-refractivity contribution is -0.230.